The highest BCUT2D eigenvalue weighted by molar-refractivity contribution is 7.87. The Hall–Kier alpha value is -2.24. The molecule has 1 aliphatic heterocycles. The third-order valence-corrected chi connectivity index (χ3v) is 3.07. The lowest BCUT2D eigenvalue weighted by atomic mass is 10.3. The first-order valence-corrected chi connectivity index (χ1v) is 7.43. The molecule has 0 N–H and O–H groups in total. The van der Waals surface area contributed by atoms with Gasteiger partial charge in [-0.1, -0.05) is 0 Å². The van der Waals surface area contributed by atoms with Gasteiger partial charge in [0.1, 0.15) is 0 Å². The summed E-state index contributed by atoms with van der Waals surface area (Å²) in [6.45, 7) is 2.69. The summed E-state index contributed by atoms with van der Waals surface area (Å²) in [5, 5.41) is 0. The molecule has 23 heavy (non-hydrogen) atoms. The molecule has 0 atom stereocenters. The van der Waals surface area contributed by atoms with Gasteiger partial charge in [-0.15, -0.1) is 0 Å². The van der Waals surface area contributed by atoms with Gasteiger partial charge in [0.25, 0.3) is 5.76 Å². The van der Waals surface area contributed by atoms with E-state index in [1.54, 1.807) is 0 Å². The zero-order valence-corrected chi connectivity index (χ0v) is 12.6. The van der Waals surface area contributed by atoms with Crippen molar-refractivity contribution < 1.29 is 49.6 Å². The van der Waals surface area contributed by atoms with Crippen molar-refractivity contribution in [3.05, 3.63) is 23.4 Å². The van der Waals surface area contributed by atoms with E-state index >= 15 is 0 Å². The first-order valence-electron chi connectivity index (χ1n) is 6.02. The van der Waals surface area contributed by atoms with Gasteiger partial charge in [-0.05, 0) is 13.8 Å². The standard InChI is InChI=1S/C11H11F3O8S/c1-3-19-7(15)5-6-8(20-4-2)9(10(16)21-6)22-23(17,18)11(12,13)14/h5H,3-4H2,1-2H3/b6-5-. The van der Waals surface area contributed by atoms with Gasteiger partial charge in [0.05, 0.1) is 19.3 Å². The molecule has 0 amide bonds. The van der Waals surface area contributed by atoms with Crippen LogP contribution in [-0.2, 0) is 38.1 Å². The molecule has 1 rings (SSSR count). The summed E-state index contributed by atoms with van der Waals surface area (Å²) in [6.07, 6.45) is 0.614. The fraction of sp³-hybridized carbons (Fsp3) is 0.455. The molecular formula is C11H11F3O8S. The molecule has 0 saturated heterocycles. The number of cyclic esters (lactones) is 1. The molecule has 0 unspecified atom stereocenters. The highest BCUT2D eigenvalue weighted by atomic mass is 32.2. The molecule has 0 aliphatic carbocycles. The van der Waals surface area contributed by atoms with Gasteiger partial charge < -0.3 is 18.4 Å². The van der Waals surface area contributed by atoms with Crippen molar-refractivity contribution in [1.29, 1.82) is 0 Å². The zero-order valence-electron chi connectivity index (χ0n) is 11.8. The number of carbonyl (C=O) groups is 2. The maximum Gasteiger partial charge on any atom is 0.534 e. The van der Waals surface area contributed by atoms with Crippen molar-refractivity contribution in [2.75, 3.05) is 13.2 Å². The van der Waals surface area contributed by atoms with Gasteiger partial charge >= 0.3 is 27.6 Å². The van der Waals surface area contributed by atoms with E-state index in [1.807, 2.05) is 0 Å². The Morgan fingerprint density at radius 1 is 1.22 bits per heavy atom. The van der Waals surface area contributed by atoms with Crippen molar-refractivity contribution >= 4 is 22.1 Å². The Morgan fingerprint density at radius 2 is 1.83 bits per heavy atom. The van der Waals surface area contributed by atoms with Crippen LogP contribution in [0.1, 0.15) is 13.8 Å². The summed E-state index contributed by atoms with van der Waals surface area (Å²) < 4.78 is 76.5. The van der Waals surface area contributed by atoms with Crippen LogP contribution in [0.5, 0.6) is 0 Å². The van der Waals surface area contributed by atoms with E-state index in [0.29, 0.717) is 6.08 Å². The van der Waals surface area contributed by atoms with Crippen LogP contribution in [0, 0.1) is 0 Å². The van der Waals surface area contributed by atoms with E-state index in [1.165, 1.54) is 13.8 Å². The van der Waals surface area contributed by atoms with Gasteiger partial charge in [0, 0.05) is 0 Å². The first kappa shape index (κ1) is 18.8. The number of carbonyl (C=O) groups excluding carboxylic acids is 2. The Labute approximate surface area is 128 Å². The molecule has 0 spiro atoms. The quantitative estimate of drug-likeness (QED) is 0.300. The number of rotatable bonds is 6. The van der Waals surface area contributed by atoms with Crippen LogP contribution in [0.2, 0.25) is 0 Å². The van der Waals surface area contributed by atoms with Crippen molar-refractivity contribution in [2.24, 2.45) is 0 Å². The van der Waals surface area contributed by atoms with Gasteiger partial charge in [-0.2, -0.15) is 21.6 Å². The molecule has 0 aromatic rings. The van der Waals surface area contributed by atoms with Crippen LogP contribution in [0.25, 0.3) is 0 Å². The average Bonchev–Trinajstić information content (AvgIpc) is 2.66. The second-order valence-corrected chi connectivity index (χ2v) is 5.26. The van der Waals surface area contributed by atoms with Crippen molar-refractivity contribution in [1.82, 2.24) is 0 Å². The van der Waals surface area contributed by atoms with Gasteiger partial charge in [-0.3, -0.25) is 0 Å². The second-order valence-electron chi connectivity index (χ2n) is 3.72. The molecule has 1 heterocycles. The van der Waals surface area contributed by atoms with Gasteiger partial charge in [-0.25, -0.2) is 9.59 Å². The smallest absolute Gasteiger partial charge is 0.486 e. The first-order chi connectivity index (χ1) is 10.5. The predicted octanol–water partition coefficient (Wildman–Crippen LogP) is 1.10. The Bertz CT molecular complexity index is 659. The maximum absolute atomic E-state index is 12.3. The minimum absolute atomic E-state index is 0.0178. The summed E-state index contributed by atoms with van der Waals surface area (Å²) in [7, 11) is -6.11. The number of halogens is 3. The zero-order chi connectivity index (χ0) is 17.8. The van der Waals surface area contributed by atoms with E-state index in [4.69, 9.17) is 4.74 Å². The fourth-order valence-electron chi connectivity index (χ4n) is 1.29. The van der Waals surface area contributed by atoms with Gasteiger partial charge in [0.2, 0.25) is 5.76 Å². The van der Waals surface area contributed by atoms with Crippen LogP contribution in [0.3, 0.4) is 0 Å². The molecule has 1 aliphatic rings. The number of hydrogen-bond acceptors (Lipinski definition) is 8. The topological polar surface area (TPSA) is 105 Å². The molecule has 0 saturated carbocycles. The molecular weight excluding hydrogens is 349 g/mol. The highest BCUT2D eigenvalue weighted by Gasteiger charge is 2.51. The fourth-order valence-corrected chi connectivity index (χ4v) is 1.75. The molecule has 0 radical (unpaired) electrons. The summed E-state index contributed by atoms with van der Waals surface area (Å²) in [5.74, 6) is -5.25. The summed E-state index contributed by atoms with van der Waals surface area (Å²) in [6, 6.07) is 0. The lowest BCUT2D eigenvalue weighted by molar-refractivity contribution is -0.137. The highest BCUT2D eigenvalue weighted by Crippen LogP contribution is 2.33. The number of ether oxygens (including phenoxy) is 3. The molecule has 130 valence electrons. The Balaban J connectivity index is 3.26. The number of esters is 2. The van der Waals surface area contributed by atoms with Crippen molar-refractivity contribution in [3.63, 3.8) is 0 Å². The normalized spacial score (nSPS) is 17.3. The molecule has 8 nitrogen and oxygen atoms in total. The van der Waals surface area contributed by atoms with Crippen LogP contribution in [0.15, 0.2) is 23.4 Å². The van der Waals surface area contributed by atoms with Crippen molar-refractivity contribution in [3.8, 4) is 0 Å². The lowest BCUT2D eigenvalue weighted by Crippen LogP contribution is -2.26. The van der Waals surface area contributed by atoms with E-state index in [9.17, 15) is 31.2 Å². The average molecular weight is 360 g/mol. The van der Waals surface area contributed by atoms with Crippen LogP contribution in [0.4, 0.5) is 13.2 Å². The summed E-state index contributed by atoms with van der Waals surface area (Å²) in [5.41, 5.74) is -5.76. The van der Waals surface area contributed by atoms with Gasteiger partial charge in [0.15, 0.2) is 5.76 Å². The largest absolute Gasteiger partial charge is 0.534 e. The molecule has 0 bridgehead atoms. The monoisotopic (exact) mass is 360 g/mol. The molecule has 0 aromatic heterocycles. The van der Waals surface area contributed by atoms with Crippen LogP contribution in [-0.4, -0.2) is 39.1 Å². The van der Waals surface area contributed by atoms with E-state index < -0.39 is 44.8 Å². The molecule has 12 heteroatoms. The third kappa shape index (κ3) is 4.37. The minimum Gasteiger partial charge on any atom is -0.486 e. The van der Waals surface area contributed by atoms with Crippen LogP contribution < -0.4 is 0 Å². The van der Waals surface area contributed by atoms with E-state index in [0.717, 1.165) is 0 Å². The third-order valence-electron chi connectivity index (χ3n) is 2.12. The number of alkyl halides is 3. The summed E-state index contributed by atoms with van der Waals surface area (Å²) >= 11 is 0. The minimum atomic E-state index is -6.11. The van der Waals surface area contributed by atoms with E-state index in [2.05, 4.69) is 13.7 Å². The predicted molar refractivity (Wildman–Crippen MR) is 65.5 cm³/mol. The summed E-state index contributed by atoms with van der Waals surface area (Å²) in [4.78, 5) is 22.8. The number of hydrogen-bond donors (Lipinski definition) is 0. The SMILES string of the molecule is CCOC(=O)/C=C1\OC(=O)C(OS(=O)(=O)C(F)(F)F)=C1OCC. The Morgan fingerprint density at radius 3 is 2.30 bits per heavy atom. The van der Waals surface area contributed by atoms with Crippen molar-refractivity contribution in [2.45, 2.75) is 19.4 Å². The molecule has 0 aromatic carbocycles. The maximum atomic E-state index is 12.3. The van der Waals surface area contributed by atoms with Crippen LogP contribution >= 0.6 is 0 Å². The second kappa shape index (κ2) is 6.89. The lowest BCUT2D eigenvalue weighted by Gasteiger charge is -2.09. The van der Waals surface area contributed by atoms with E-state index in [-0.39, 0.29) is 13.2 Å². The molecule has 0 fully saturated rings. The Kier molecular flexibility index (Phi) is 5.64.